The van der Waals surface area contributed by atoms with Gasteiger partial charge in [0.05, 0.1) is 0 Å². The molecular weight excluding hydrogens is 260 g/mol. The Labute approximate surface area is 118 Å². The first kappa shape index (κ1) is 16.0. The minimum absolute atomic E-state index is 0.413. The summed E-state index contributed by atoms with van der Waals surface area (Å²) in [4.78, 5) is 26.8. The number of aliphatic carboxylic acids is 1. The van der Waals surface area contributed by atoms with Crippen LogP contribution in [0, 0.1) is 0 Å². The second kappa shape index (κ2) is 8.19. The third-order valence-corrected chi connectivity index (χ3v) is 3.00. The quantitative estimate of drug-likeness (QED) is 0.660. The largest absolute Gasteiger partial charge is 0.480 e. The summed E-state index contributed by atoms with van der Waals surface area (Å²) in [5.41, 5.74) is 0. The lowest BCUT2D eigenvalue weighted by molar-refractivity contribution is -0.139. The molecule has 3 N–H and O–H groups in total. The average molecular weight is 282 g/mol. The van der Waals surface area contributed by atoms with E-state index < -0.39 is 18.0 Å². The summed E-state index contributed by atoms with van der Waals surface area (Å²) >= 11 is 0. The highest BCUT2D eigenvalue weighted by Gasteiger charge is 2.18. The number of imidazole rings is 1. The van der Waals surface area contributed by atoms with E-state index in [9.17, 15) is 9.59 Å². The summed E-state index contributed by atoms with van der Waals surface area (Å²) in [5.74, 6) is -0.135. The zero-order valence-corrected chi connectivity index (χ0v) is 11.9. The van der Waals surface area contributed by atoms with Gasteiger partial charge in [0.25, 0.3) is 0 Å². The minimum Gasteiger partial charge on any atom is -0.480 e. The van der Waals surface area contributed by atoms with Crippen molar-refractivity contribution in [2.75, 3.05) is 6.54 Å². The smallest absolute Gasteiger partial charge is 0.326 e. The van der Waals surface area contributed by atoms with Gasteiger partial charge in [-0.2, -0.15) is 0 Å². The van der Waals surface area contributed by atoms with Gasteiger partial charge in [-0.05, 0) is 6.42 Å². The number of hydrogen-bond donors (Lipinski definition) is 3. The van der Waals surface area contributed by atoms with Crippen LogP contribution >= 0.6 is 0 Å². The molecule has 1 aromatic heterocycles. The molecule has 1 heterocycles. The molecule has 0 saturated heterocycles. The zero-order valence-electron chi connectivity index (χ0n) is 11.9. The van der Waals surface area contributed by atoms with Crippen LogP contribution in [0.2, 0.25) is 0 Å². The van der Waals surface area contributed by atoms with Gasteiger partial charge in [0, 0.05) is 32.4 Å². The summed E-state index contributed by atoms with van der Waals surface area (Å²) in [5, 5.41) is 14.1. The molecule has 0 radical (unpaired) electrons. The summed E-state index contributed by atoms with van der Waals surface area (Å²) in [6, 6.07) is -1.29. The standard InChI is InChI=1S/C13H22N4O3/c1-3-4-5-10(12(18)19)16-13(20)15-7-6-11-14-8-9-17(11)2/h8-10H,3-7H2,1-2H3,(H,18,19)(H2,15,16,20). The fraction of sp³-hybridized carbons (Fsp3) is 0.615. The van der Waals surface area contributed by atoms with Crippen molar-refractivity contribution in [3.05, 3.63) is 18.2 Å². The first-order chi connectivity index (χ1) is 9.54. The fourth-order valence-corrected chi connectivity index (χ4v) is 1.80. The number of rotatable bonds is 8. The normalized spacial score (nSPS) is 11.9. The number of carbonyl (C=O) groups is 2. The Hall–Kier alpha value is -2.05. The van der Waals surface area contributed by atoms with Crippen LogP contribution in [0.25, 0.3) is 0 Å². The van der Waals surface area contributed by atoms with Crippen molar-refractivity contribution in [3.8, 4) is 0 Å². The predicted octanol–water partition coefficient (Wildman–Crippen LogP) is 0.905. The molecule has 1 atom stereocenters. The molecule has 0 aromatic carbocycles. The molecule has 0 saturated carbocycles. The molecule has 7 heteroatoms. The van der Waals surface area contributed by atoms with Gasteiger partial charge < -0.3 is 20.3 Å². The van der Waals surface area contributed by atoms with Crippen LogP contribution in [0.4, 0.5) is 4.79 Å². The third-order valence-electron chi connectivity index (χ3n) is 3.00. The van der Waals surface area contributed by atoms with Crippen LogP contribution < -0.4 is 10.6 Å². The highest BCUT2D eigenvalue weighted by molar-refractivity contribution is 5.82. The van der Waals surface area contributed by atoms with Crippen LogP contribution in [0.1, 0.15) is 32.0 Å². The first-order valence-corrected chi connectivity index (χ1v) is 6.78. The summed E-state index contributed by atoms with van der Waals surface area (Å²) in [6.07, 6.45) is 6.24. The van der Waals surface area contributed by atoms with Gasteiger partial charge in [0.15, 0.2) is 0 Å². The number of unbranched alkanes of at least 4 members (excludes halogenated alkanes) is 1. The lowest BCUT2D eigenvalue weighted by atomic mass is 10.1. The number of amides is 2. The first-order valence-electron chi connectivity index (χ1n) is 6.78. The third kappa shape index (κ3) is 5.29. The number of aromatic nitrogens is 2. The highest BCUT2D eigenvalue weighted by atomic mass is 16.4. The summed E-state index contributed by atoms with van der Waals surface area (Å²) in [7, 11) is 1.88. The lowest BCUT2D eigenvalue weighted by Crippen LogP contribution is -2.46. The van der Waals surface area contributed by atoms with E-state index in [1.165, 1.54) is 0 Å². The summed E-state index contributed by atoms with van der Waals surface area (Å²) in [6.45, 7) is 2.39. The Kier molecular flexibility index (Phi) is 6.55. The molecule has 0 bridgehead atoms. The number of urea groups is 1. The number of nitrogens with one attached hydrogen (secondary N) is 2. The Morgan fingerprint density at radius 3 is 2.80 bits per heavy atom. The molecule has 0 spiro atoms. The molecule has 0 aliphatic carbocycles. The molecule has 2 amide bonds. The number of carbonyl (C=O) groups excluding carboxylic acids is 1. The van der Waals surface area contributed by atoms with Crippen molar-refractivity contribution >= 4 is 12.0 Å². The van der Waals surface area contributed by atoms with Crippen molar-refractivity contribution < 1.29 is 14.7 Å². The Balaban J connectivity index is 2.31. The predicted molar refractivity (Wildman–Crippen MR) is 74.4 cm³/mol. The Morgan fingerprint density at radius 2 is 2.25 bits per heavy atom. The number of hydrogen-bond acceptors (Lipinski definition) is 3. The molecule has 1 unspecified atom stereocenters. The summed E-state index contributed by atoms with van der Waals surface area (Å²) < 4.78 is 1.88. The van der Waals surface area contributed by atoms with Crippen LogP contribution in [-0.2, 0) is 18.3 Å². The second-order valence-corrected chi connectivity index (χ2v) is 4.64. The van der Waals surface area contributed by atoms with Crippen LogP contribution in [0.15, 0.2) is 12.4 Å². The maximum atomic E-state index is 11.6. The molecular formula is C13H22N4O3. The van der Waals surface area contributed by atoms with Crippen molar-refractivity contribution in [2.45, 2.75) is 38.6 Å². The molecule has 20 heavy (non-hydrogen) atoms. The maximum absolute atomic E-state index is 11.6. The van der Waals surface area contributed by atoms with E-state index in [1.807, 2.05) is 24.7 Å². The number of carboxylic acid groups (broad SMARTS) is 1. The molecule has 0 fully saturated rings. The van der Waals surface area contributed by atoms with Crippen LogP contribution in [0.3, 0.4) is 0 Å². The van der Waals surface area contributed by atoms with Gasteiger partial charge in [0.2, 0.25) is 0 Å². The van der Waals surface area contributed by atoms with E-state index in [0.717, 1.165) is 18.7 Å². The molecule has 0 aliphatic heterocycles. The molecule has 1 rings (SSSR count). The molecule has 0 aliphatic rings. The van der Waals surface area contributed by atoms with E-state index in [4.69, 9.17) is 5.11 Å². The van der Waals surface area contributed by atoms with Crippen LogP contribution in [0.5, 0.6) is 0 Å². The van der Waals surface area contributed by atoms with E-state index in [1.54, 1.807) is 6.20 Å². The average Bonchev–Trinajstić information content (AvgIpc) is 2.80. The fourth-order valence-electron chi connectivity index (χ4n) is 1.80. The number of carboxylic acids is 1. The lowest BCUT2D eigenvalue weighted by Gasteiger charge is -2.14. The van der Waals surface area contributed by atoms with Gasteiger partial charge in [0.1, 0.15) is 11.9 Å². The Bertz CT molecular complexity index is 445. The van der Waals surface area contributed by atoms with E-state index in [0.29, 0.717) is 19.4 Å². The molecule has 7 nitrogen and oxygen atoms in total. The van der Waals surface area contributed by atoms with E-state index in [2.05, 4.69) is 15.6 Å². The maximum Gasteiger partial charge on any atom is 0.326 e. The Morgan fingerprint density at radius 1 is 1.50 bits per heavy atom. The van der Waals surface area contributed by atoms with Crippen molar-refractivity contribution in [2.24, 2.45) is 7.05 Å². The SMILES string of the molecule is CCCCC(NC(=O)NCCc1nccn1C)C(=O)O. The van der Waals surface area contributed by atoms with Gasteiger partial charge >= 0.3 is 12.0 Å². The number of aryl methyl sites for hydroxylation is 1. The molecule has 1 aromatic rings. The number of nitrogens with zero attached hydrogens (tertiary/aromatic N) is 2. The monoisotopic (exact) mass is 282 g/mol. The van der Waals surface area contributed by atoms with Gasteiger partial charge in [-0.1, -0.05) is 19.8 Å². The van der Waals surface area contributed by atoms with Crippen LogP contribution in [-0.4, -0.2) is 39.2 Å². The topological polar surface area (TPSA) is 96.3 Å². The van der Waals surface area contributed by atoms with Crippen molar-refractivity contribution in [1.82, 2.24) is 20.2 Å². The molecule has 112 valence electrons. The van der Waals surface area contributed by atoms with Gasteiger partial charge in [-0.25, -0.2) is 14.6 Å². The van der Waals surface area contributed by atoms with Gasteiger partial charge in [-0.3, -0.25) is 0 Å². The van der Waals surface area contributed by atoms with Gasteiger partial charge in [-0.15, -0.1) is 0 Å². The highest BCUT2D eigenvalue weighted by Crippen LogP contribution is 2.00. The van der Waals surface area contributed by atoms with E-state index >= 15 is 0 Å². The zero-order chi connectivity index (χ0) is 15.0. The minimum atomic E-state index is -1.00. The van der Waals surface area contributed by atoms with Crippen molar-refractivity contribution in [1.29, 1.82) is 0 Å². The van der Waals surface area contributed by atoms with Crippen molar-refractivity contribution in [3.63, 3.8) is 0 Å². The second-order valence-electron chi connectivity index (χ2n) is 4.64. The van der Waals surface area contributed by atoms with E-state index in [-0.39, 0.29) is 0 Å².